The van der Waals surface area contributed by atoms with Gasteiger partial charge in [-0.3, -0.25) is 4.79 Å². The molecule has 64 valence electrons. The molecular formula is C5H8O5S. The Kier molecular flexibility index (Phi) is 3.77. The zero-order chi connectivity index (χ0) is 8.91. The lowest BCUT2D eigenvalue weighted by Gasteiger charge is -1.99. The Hall–Kier alpha value is -0.880. The fourth-order valence-electron chi connectivity index (χ4n) is 0.299. The van der Waals surface area contributed by atoms with Crippen molar-refractivity contribution in [3.8, 4) is 0 Å². The summed E-state index contributed by atoms with van der Waals surface area (Å²) in [6.45, 7) is 3.97. The second kappa shape index (κ2) is 4.09. The first-order valence-electron chi connectivity index (χ1n) is 2.68. The molecule has 0 heterocycles. The Morgan fingerprint density at radius 2 is 2.18 bits per heavy atom. The van der Waals surface area contributed by atoms with Crippen LogP contribution in [0.25, 0.3) is 0 Å². The van der Waals surface area contributed by atoms with Gasteiger partial charge in [0.05, 0.1) is 6.61 Å². The molecule has 0 atom stereocenters. The minimum atomic E-state index is -4.16. The first kappa shape index (κ1) is 10.1. The first-order valence-corrected chi connectivity index (χ1v) is 4.01. The number of carbonyl (C=O) groups is 1. The number of rotatable bonds is 4. The average Bonchev–Trinajstić information content (AvgIpc) is 1.81. The summed E-state index contributed by atoms with van der Waals surface area (Å²) in [7, 11) is -4.16. The van der Waals surface area contributed by atoms with E-state index < -0.39 is 16.4 Å². The van der Waals surface area contributed by atoms with Crippen molar-refractivity contribution in [1.82, 2.24) is 0 Å². The normalized spacial score (nSPS) is 10.6. The maximum absolute atomic E-state index is 10.5. The highest BCUT2D eigenvalue weighted by molar-refractivity contribution is 7.82. The number of carbonyl (C=O) groups excluding carboxylic acids is 1. The average molecular weight is 180 g/mol. The van der Waals surface area contributed by atoms with Crippen molar-refractivity contribution in [3.05, 3.63) is 12.7 Å². The lowest BCUT2D eigenvalue weighted by Crippen LogP contribution is -2.13. The van der Waals surface area contributed by atoms with Crippen molar-refractivity contribution >= 4 is 16.4 Å². The zero-order valence-corrected chi connectivity index (χ0v) is 6.76. The molecule has 0 aliphatic heterocycles. The molecule has 0 radical (unpaired) electrons. The molecule has 0 unspecified atom stereocenters. The smallest absolute Gasteiger partial charge is 0.325 e. The van der Waals surface area contributed by atoms with Crippen LogP contribution in [0.1, 0.15) is 6.92 Å². The summed E-state index contributed by atoms with van der Waals surface area (Å²) in [6, 6.07) is 0. The Morgan fingerprint density at radius 1 is 1.64 bits per heavy atom. The molecule has 5 nitrogen and oxygen atoms in total. The topological polar surface area (TPSA) is 69.7 Å². The number of hydrogen-bond donors (Lipinski definition) is 0. The largest absolute Gasteiger partial charge is 0.451 e. The van der Waals surface area contributed by atoms with E-state index in [9.17, 15) is 13.2 Å². The third-order valence-electron chi connectivity index (χ3n) is 0.550. The molecular weight excluding hydrogens is 172 g/mol. The third-order valence-corrected chi connectivity index (χ3v) is 1.41. The van der Waals surface area contributed by atoms with Gasteiger partial charge in [0.2, 0.25) is 0 Å². The van der Waals surface area contributed by atoms with Crippen molar-refractivity contribution in [2.24, 2.45) is 0 Å². The van der Waals surface area contributed by atoms with Crippen LogP contribution in [0, 0.1) is 0 Å². The van der Waals surface area contributed by atoms with Crippen molar-refractivity contribution in [2.45, 2.75) is 6.92 Å². The molecule has 11 heavy (non-hydrogen) atoms. The molecule has 0 aromatic heterocycles. The Labute approximate surface area is 64.9 Å². The predicted molar refractivity (Wildman–Crippen MR) is 36.8 cm³/mol. The molecule has 0 aliphatic rings. The van der Waals surface area contributed by atoms with Crippen LogP contribution >= 0.6 is 0 Å². The maximum Gasteiger partial charge on any atom is 0.451 e. The maximum atomic E-state index is 10.5. The molecule has 0 rings (SSSR count). The predicted octanol–water partition coefficient (Wildman–Crippen LogP) is -0.00310. The lowest BCUT2D eigenvalue weighted by molar-refractivity contribution is -0.132. The fraction of sp³-hybridized carbons (Fsp3) is 0.400. The van der Waals surface area contributed by atoms with Crippen LogP contribution in [0.4, 0.5) is 0 Å². The summed E-state index contributed by atoms with van der Waals surface area (Å²) >= 11 is 0. The minimum Gasteiger partial charge on any atom is -0.325 e. The highest BCUT2D eigenvalue weighted by Gasteiger charge is 2.13. The van der Waals surface area contributed by atoms with E-state index >= 15 is 0 Å². The fourth-order valence-corrected chi connectivity index (χ4v) is 0.898. The van der Waals surface area contributed by atoms with Gasteiger partial charge in [0.15, 0.2) is 0 Å². The second-order valence-electron chi connectivity index (χ2n) is 1.56. The first-order chi connectivity index (χ1) is 4.98. The van der Waals surface area contributed by atoms with Crippen LogP contribution in [0.15, 0.2) is 12.7 Å². The molecule has 0 aliphatic carbocycles. The van der Waals surface area contributed by atoms with Gasteiger partial charge in [0.25, 0.3) is 0 Å². The van der Waals surface area contributed by atoms with E-state index in [2.05, 4.69) is 14.9 Å². The Bertz CT molecular complexity index is 240. The van der Waals surface area contributed by atoms with Gasteiger partial charge in [-0.25, -0.2) is 4.18 Å². The molecule has 0 N–H and O–H groups in total. The van der Waals surface area contributed by atoms with Crippen LogP contribution in [-0.2, 0) is 23.6 Å². The monoisotopic (exact) mass is 180 g/mol. The van der Waals surface area contributed by atoms with E-state index in [1.54, 1.807) is 0 Å². The molecule has 0 spiro atoms. The summed E-state index contributed by atoms with van der Waals surface area (Å²) in [6.07, 6.45) is 1.22. The molecule has 0 saturated heterocycles. The van der Waals surface area contributed by atoms with E-state index in [1.165, 1.54) is 6.08 Å². The lowest BCUT2D eigenvalue weighted by atomic mass is 10.7. The van der Waals surface area contributed by atoms with Crippen molar-refractivity contribution in [2.75, 3.05) is 6.61 Å². The minimum absolute atomic E-state index is 0.213. The molecule has 0 amide bonds. The van der Waals surface area contributed by atoms with Crippen molar-refractivity contribution < 1.29 is 21.6 Å². The Balaban J connectivity index is 4.02. The van der Waals surface area contributed by atoms with Gasteiger partial charge in [0.1, 0.15) is 0 Å². The summed E-state index contributed by atoms with van der Waals surface area (Å²) in [4.78, 5) is 10.1. The third kappa shape index (κ3) is 5.56. The van der Waals surface area contributed by atoms with E-state index in [-0.39, 0.29) is 6.61 Å². The summed E-state index contributed by atoms with van der Waals surface area (Å²) in [5.41, 5.74) is 0. The van der Waals surface area contributed by atoms with Gasteiger partial charge < -0.3 is 4.18 Å². The SMILES string of the molecule is C=CCOS(=O)(=O)OC(C)=O. The van der Waals surface area contributed by atoms with E-state index in [0.29, 0.717) is 0 Å². The van der Waals surface area contributed by atoms with Crippen LogP contribution < -0.4 is 0 Å². The van der Waals surface area contributed by atoms with E-state index in [1.807, 2.05) is 0 Å². The highest BCUT2D eigenvalue weighted by Crippen LogP contribution is 1.95. The van der Waals surface area contributed by atoms with E-state index in [4.69, 9.17) is 0 Å². The molecule has 6 heteroatoms. The standard InChI is InChI=1S/C5H8O5S/c1-3-4-9-11(7,8)10-5(2)6/h3H,1,4H2,2H3. The summed E-state index contributed by atoms with van der Waals surface area (Å²) < 4.78 is 28.9. The zero-order valence-electron chi connectivity index (χ0n) is 5.94. The van der Waals surface area contributed by atoms with Gasteiger partial charge in [-0.15, -0.1) is 6.58 Å². The summed E-state index contributed by atoms with van der Waals surface area (Å²) in [5.74, 6) is -0.936. The van der Waals surface area contributed by atoms with Gasteiger partial charge in [-0.2, -0.15) is 8.42 Å². The van der Waals surface area contributed by atoms with Crippen LogP contribution in [0.5, 0.6) is 0 Å². The number of hydrogen-bond acceptors (Lipinski definition) is 5. The highest BCUT2D eigenvalue weighted by atomic mass is 32.3. The van der Waals surface area contributed by atoms with Gasteiger partial charge in [0, 0.05) is 6.92 Å². The van der Waals surface area contributed by atoms with Crippen LogP contribution in [0.3, 0.4) is 0 Å². The van der Waals surface area contributed by atoms with Gasteiger partial charge in [-0.05, 0) is 0 Å². The second-order valence-corrected chi connectivity index (χ2v) is 2.78. The quantitative estimate of drug-likeness (QED) is 0.569. The molecule has 0 aromatic rings. The molecule has 0 fully saturated rings. The molecule has 0 saturated carbocycles. The van der Waals surface area contributed by atoms with Crippen molar-refractivity contribution in [3.63, 3.8) is 0 Å². The van der Waals surface area contributed by atoms with Crippen LogP contribution in [0.2, 0.25) is 0 Å². The summed E-state index contributed by atoms with van der Waals surface area (Å²) in [5, 5.41) is 0. The molecule has 0 bridgehead atoms. The van der Waals surface area contributed by atoms with Gasteiger partial charge in [-0.1, -0.05) is 6.08 Å². The molecule has 0 aromatic carbocycles. The van der Waals surface area contributed by atoms with Crippen LogP contribution in [-0.4, -0.2) is 21.0 Å². The van der Waals surface area contributed by atoms with Crippen molar-refractivity contribution in [1.29, 1.82) is 0 Å². The Morgan fingerprint density at radius 3 is 2.55 bits per heavy atom. The van der Waals surface area contributed by atoms with E-state index in [0.717, 1.165) is 6.92 Å². The van der Waals surface area contributed by atoms with Gasteiger partial charge >= 0.3 is 16.4 Å².